The largest absolute Gasteiger partial charge is 0.396 e. The van der Waals surface area contributed by atoms with Crippen LogP contribution >= 0.6 is 0 Å². The molecule has 0 saturated carbocycles. The third-order valence-corrected chi connectivity index (χ3v) is 2.79. The Balaban J connectivity index is 2.05. The fourth-order valence-corrected chi connectivity index (χ4v) is 1.88. The molecule has 3 heteroatoms. The number of nitrogens with zero attached hydrogens (tertiary/aromatic N) is 2. The monoisotopic (exact) mass is 210 g/mol. The fourth-order valence-electron chi connectivity index (χ4n) is 1.88. The van der Waals surface area contributed by atoms with Gasteiger partial charge in [0.1, 0.15) is 0 Å². The summed E-state index contributed by atoms with van der Waals surface area (Å²) in [6, 6.07) is 0. The summed E-state index contributed by atoms with van der Waals surface area (Å²) >= 11 is 0. The highest BCUT2D eigenvalue weighted by Gasteiger charge is 2.05. The lowest BCUT2D eigenvalue weighted by atomic mass is 9.98. The van der Waals surface area contributed by atoms with Gasteiger partial charge in [0, 0.05) is 25.5 Å². The average molecular weight is 210 g/mol. The van der Waals surface area contributed by atoms with Gasteiger partial charge >= 0.3 is 0 Å². The molecule has 1 heterocycles. The van der Waals surface area contributed by atoms with Crippen LogP contribution in [-0.4, -0.2) is 21.3 Å². The number of aliphatic hydroxyl groups excluding tert-OH is 1. The predicted molar refractivity (Wildman–Crippen MR) is 61.6 cm³/mol. The first kappa shape index (κ1) is 12.2. The van der Waals surface area contributed by atoms with Gasteiger partial charge in [0.05, 0.1) is 6.33 Å². The molecule has 0 unspecified atom stereocenters. The predicted octanol–water partition coefficient (Wildman–Crippen LogP) is 2.46. The number of aromatic nitrogens is 2. The van der Waals surface area contributed by atoms with Gasteiger partial charge in [-0.05, 0) is 25.2 Å². The van der Waals surface area contributed by atoms with Crippen LogP contribution in [-0.2, 0) is 6.54 Å². The van der Waals surface area contributed by atoms with Crippen molar-refractivity contribution >= 4 is 0 Å². The lowest BCUT2D eigenvalue weighted by Crippen LogP contribution is -2.06. The summed E-state index contributed by atoms with van der Waals surface area (Å²) in [4.78, 5) is 4.00. The zero-order valence-corrected chi connectivity index (χ0v) is 9.60. The molecule has 15 heavy (non-hydrogen) atoms. The smallest absolute Gasteiger partial charge is 0.0945 e. The molecular weight excluding hydrogens is 188 g/mol. The molecule has 1 N–H and O–H groups in total. The summed E-state index contributed by atoms with van der Waals surface area (Å²) < 4.78 is 2.10. The van der Waals surface area contributed by atoms with Gasteiger partial charge in [-0.25, -0.2) is 4.98 Å². The molecule has 1 aromatic rings. The zero-order chi connectivity index (χ0) is 10.9. The summed E-state index contributed by atoms with van der Waals surface area (Å²) in [6.45, 7) is 3.57. The lowest BCUT2D eigenvalue weighted by Gasteiger charge is -2.12. The van der Waals surface area contributed by atoms with Crippen LogP contribution in [0.2, 0.25) is 0 Å². The van der Waals surface area contributed by atoms with Crippen molar-refractivity contribution in [1.29, 1.82) is 0 Å². The van der Waals surface area contributed by atoms with Gasteiger partial charge in [-0.15, -0.1) is 0 Å². The number of imidazole rings is 1. The number of hydrogen-bond acceptors (Lipinski definition) is 2. The van der Waals surface area contributed by atoms with E-state index in [1.165, 1.54) is 19.3 Å². The maximum atomic E-state index is 9.13. The van der Waals surface area contributed by atoms with Crippen LogP contribution < -0.4 is 0 Å². The highest BCUT2D eigenvalue weighted by Crippen LogP contribution is 2.14. The Morgan fingerprint density at radius 2 is 2.20 bits per heavy atom. The normalized spacial score (nSPS) is 12.9. The van der Waals surface area contributed by atoms with E-state index in [0.717, 1.165) is 19.4 Å². The summed E-state index contributed by atoms with van der Waals surface area (Å²) in [5, 5.41) is 9.13. The Morgan fingerprint density at radius 1 is 1.33 bits per heavy atom. The highest BCUT2D eigenvalue weighted by atomic mass is 16.3. The van der Waals surface area contributed by atoms with Gasteiger partial charge in [0.15, 0.2) is 0 Å². The van der Waals surface area contributed by atoms with Crippen LogP contribution in [0, 0.1) is 5.92 Å². The molecule has 1 aromatic heterocycles. The first-order valence-corrected chi connectivity index (χ1v) is 5.93. The second-order valence-electron chi connectivity index (χ2n) is 4.13. The fraction of sp³-hybridized carbons (Fsp3) is 0.750. The van der Waals surface area contributed by atoms with Crippen molar-refractivity contribution in [3.8, 4) is 0 Å². The van der Waals surface area contributed by atoms with Crippen LogP contribution in [0.4, 0.5) is 0 Å². The second kappa shape index (κ2) is 7.46. The van der Waals surface area contributed by atoms with Crippen molar-refractivity contribution in [3.05, 3.63) is 18.7 Å². The van der Waals surface area contributed by atoms with E-state index in [-0.39, 0.29) is 0 Å². The average Bonchev–Trinajstić information content (AvgIpc) is 2.75. The molecule has 0 aromatic carbocycles. The van der Waals surface area contributed by atoms with Crippen molar-refractivity contribution in [3.63, 3.8) is 0 Å². The Bertz CT molecular complexity index is 234. The third kappa shape index (κ3) is 4.98. The van der Waals surface area contributed by atoms with Crippen LogP contribution in [0.3, 0.4) is 0 Å². The van der Waals surface area contributed by atoms with E-state index in [1.807, 2.05) is 18.7 Å². The molecule has 0 amide bonds. The van der Waals surface area contributed by atoms with Gasteiger partial charge in [-0.2, -0.15) is 0 Å². The molecule has 3 nitrogen and oxygen atoms in total. The molecule has 0 saturated heterocycles. The number of unbranched alkanes of at least 4 members (excludes halogenated alkanes) is 1. The Labute approximate surface area is 92.1 Å². The van der Waals surface area contributed by atoms with E-state index in [4.69, 9.17) is 5.11 Å². The Morgan fingerprint density at radius 3 is 2.80 bits per heavy atom. The molecule has 0 spiro atoms. The second-order valence-corrected chi connectivity index (χ2v) is 4.13. The third-order valence-electron chi connectivity index (χ3n) is 2.79. The van der Waals surface area contributed by atoms with Crippen molar-refractivity contribution in [1.82, 2.24) is 9.55 Å². The van der Waals surface area contributed by atoms with E-state index < -0.39 is 0 Å². The van der Waals surface area contributed by atoms with Crippen LogP contribution in [0.25, 0.3) is 0 Å². The molecule has 0 radical (unpaired) electrons. The molecular formula is C12H22N2O. The van der Waals surface area contributed by atoms with Gasteiger partial charge in [-0.3, -0.25) is 0 Å². The highest BCUT2D eigenvalue weighted by molar-refractivity contribution is 4.73. The molecule has 0 bridgehead atoms. The topological polar surface area (TPSA) is 38.0 Å². The molecule has 0 fully saturated rings. The molecule has 1 rings (SSSR count). The van der Waals surface area contributed by atoms with E-state index >= 15 is 0 Å². The molecule has 0 aliphatic rings. The molecule has 86 valence electrons. The number of hydrogen-bond donors (Lipinski definition) is 1. The summed E-state index contributed by atoms with van der Waals surface area (Å²) in [7, 11) is 0. The van der Waals surface area contributed by atoms with Gasteiger partial charge < -0.3 is 9.67 Å². The van der Waals surface area contributed by atoms with Crippen LogP contribution in [0.1, 0.15) is 39.0 Å². The molecule has 1 atom stereocenters. The van der Waals surface area contributed by atoms with Crippen molar-refractivity contribution in [2.24, 2.45) is 5.92 Å². The summed E-state index contributed by atoms with van der Waals surface area (Å²) in [5.41, 5.74) is 0. The van der Waals surface area contributed by atoms with E-state index in [9.17, 15) is 0 Å². The summed E-state index contributed by atoms with van der Waals surface area (Å²) in [6.07, 6.45) is 11.5. The van der Waals surface area contributed by atoms with Crippen molar-refractivity contribution < 1.29 is 5.11 Å². The SMILES string of the molecule is CCC[C@H](CO)CCCCn1ccnc1. The number of rotatable bonds is 8. The minimum absolute atomic E-state index is 0.346. The quantitative estimate of drug-likeness (QED) is 0.669. The van der Waals surface area contributed by atoms with Crippen LogP contribution in [0.15, 0.2) is 18.7 Å². The van der Waals surface area contributed by atoms with Gasteiger partial charge in [0.2, 0.25) is 0 Å². The standard InChI is InChI=1S/C12H22N2O/c1-2-5-12(10-15)6-3-4-8-14-9-7-13-11-14/h7,9,11-12,15H,2-6,8,10H2,1H3/t12-/m0/s1. The van der Waals surface area contributed by atoms with Crippen molar-refractivity contribution in [2.45, 2.75) is 45.6 Å². The Hall–Kier alpha value is -0.830. The number of aryl methyl sites for hydroxylation is 1. The van der Waals surface area contributed by atoms with E-state index in [1.54, 1.807) is 0 Å². The molecule has 0 aliphatic heterocycles. The van der Waals surface area contributed by atoms with Gasteiger partial charge in [0.25, 0.3) is 0 Å². The van der Waals surface area contributed by atoms with Crippen LogP contribution in [0.5, 0.6) is 0 Å². The Kier molecular flexibility index (Phi) is 6.09. The first-order valence-electron chi connectivity index (χ1n) is 5.93. The minimum Gasteiger partial charge on any atom is -0.396 e. The lowest BCUT2D eigenvalue weighted by molar-refractivity contribution is 0.206. The molecule has 0 aliphatic carbocycles. The van der Waals surface area contributed by atoms with E-state index in [2.05, 4.69) is 16.5 Å². The minimum atomic E-state index is 0.346. The van der Waals surface area contributed by atoms with Gasteiger partial charge in [-0.1, -0.05) is 19.8 Å². The maximum absolute atomic E-state index is 9.13. The van der Waals surface area contributed by atoms with Crippen molar-refractivity contribution in [2.75, 3.05) is 6.61 Å². The number of aliphatic hydroxyl groups is 1. The summed E-state index contributed by atoms with van der Waals surface area (Å²) in [5.74, 6) is 0.512. The van der Waals surface area contributed by atoms with E-state index in [0.29, 0.717) is 12.5 Å². The maximum Gasteiger partial charge on any atom is 0.0945 e. The zero-order valence-electron chi connectivity index (χ0n) is 9.60. The first-order chi connectivity index (χ1) is 7.36.